The van der Waals surface area contributed by atoms with Crippen molar-refractivity contribution < 1.29 is 42.5 Å². The predicted molar refractivity (Wildman–Crippen MR) is 248 cm³/mol. The normalized spacial score (nSPS) is 9.87. The molecule has 3 N–H and O–H groups in total. The van der Waals surface area contributed by atoms with Crippen molar-refractivity contribution in [3.63, 3.8) is 0 Å². The standard InChI is InChI=1S/C16H14BrNO3.C15H13FN2O3.C14H11BrClNO2.CH4/c1-10-3-4-12(9-14(10)17)15(19)18-13-7-5-11(6-8-13)16(20)21-2;1-18(20)13-5-7-14(8-6-13)21-10-15(19)17-12-4-2-3-11(16)9-12;1-19-13-6-5-9(7-12(13)15)14(18)17-11-4-2-3-10(16)8-11;/h3-9H,1-2H3,(H,18,19);2-9H,10H2,1H3;2-8H,1H3,(H,17,18);1H4/p+1. The molecule has 322 valence electrons. The number of aryl methyl sites for hydroxylation is 1. The van der Waals surface area contributed by atoms with Crippen LogP contribution in [0.5, 0.6) is 11.5 Å². The Labute approximate surface area is 380 Å². The summed E-state index contributed by atoms with van der Waals surface area (Å²) in [4.78, 5) is 58.2. The molecule has 0 radical (unpaired) electrons. The molecule has 12 nitrogen and oxygen atoms in total. The maximum Gasteiger partial charge on any atom is 0.337 e. The smallest absolute Gasteiger partial charge is 0.337 e. The summed E-state index contributed by atoms with van der Waals surface area (Å²) in [5.41, 5.74) is 4.73. The maximum atomic E-state index is 13.0. The first-order valence-electron chi connectivity index (χ1n) is 18.0. The molecule has 0 aliphatic heterocycles. The van der Waals surface area contributed by atoms with Crippen molar-refractivity contribution in [2.75, 3.05) is 43.8 Å². The number of methoxy groups -OCH3 is 2. The molecule has 0 saturated heterocycles. The highest BCUT2D eigenvalue weighted by molar-refractivity contribution is 9.10. The van der Waals surface area contributed by atoms with Gasteiger partial charge >= 0.3 is 5.97 Å². The third kappa shape index (κ3) is 15.9. The van der Waals surface area contributed by atoms with Gasteiger partial charge in [-0.05, 0) is 132 Å². The van der Waals surface area contributed by atoms with Gasteiger partial charge in [-0.2, -0.15) is 0 Å². The van der Waals surface area contributed by atoms with Crippen LogP contribution in [0.15, 0.2) is 142 Å². The molecule has 16 heteroatoms. The number of carbonyl (C=O) groups is 4. The lowest BCUT2D eigenvalue weighted by molar-refractivity contribution is -0.428. The van der Waals surface area contributed by atoms with Crippen molar-refractivity contribution >= 4 is 89.9 Å². The Morgan fingerprint density at radius 2 is 1.24 bits per heavy atom. The zero-order chi connectivity index (χ0) is 44.5. The number of carbonyl (C=O) groups excluding carboxylic acids is 4. The number of ether oxygens (including phenoxy) is 3. The van der Waals surface area contributed by atoms with E-state index in [0.29, 0.717) is 56.0 Å². The Hall–Kier alpha value is -6.42. The Morgan fingerprint density at radius 3 is 1.79 bits per heavy atom. The van der Waals surface area contributed by atoms with Crippen molar-refractivity contribution in [3.8, 4) is 11.5 Å². The van der Waals surface area contributed by atoms with Crippen LogP contribution in [0, 0.1) is 17.6 Å². The summed E-state index contributed by atoms with van der Waals surface area (Å²) in [5.74, 6) is -0.492. The minimum Gasteiger partial charge on any atom is -0.496 e. The molecule has 0 aliphatic rings. The predicted octanol–water partition coefficient (Wildman–Crippen LogP) is 11.7. The fourth-order valence-corrected chi connectivity index (χ4v) is 6.10. The summed E-state index contributed by atoms with van der Waals surface area (Å²) >= 11 is 12.6. The number of rotatable bonds is 11. The Balaban J connectivity index is 0.000000246. The van der Waals surface area contributed by atoms with Crippen LogP contribution in [0.4, 0.5) is 27.1 Å². The van der Waals surface area contributed by atoms with Gasteiger partial charge in [-0.1, -0.05) is 53.2 Å². The zero-order valence-electron chi connectivity index (χ0n) is 33.1. The largest absolute Gasteiger partial charge is 0.496 e. The Morgan fingerprint density at radius 1 is 0.677 bits per heavy atom. The highest BCUT2D eigenvalue weighted by Crippen LogP contribution is 2.26. The molecule has 6 aromatic rings. The first kappa shape index (κ1) is 49.9. The number of nitrogens with zero attached hydrogens (tertiary/aromatic N) is 1. The third-order valence-corrected chi connectivity index (χ3v) is 9.88. The quantitative estimate of drug-likeness (QED) is 0.0857. The molecular formula is C46H43Br2ClFN4O8+. The van der Waals surface area contributed by atoms with Crippen LogP contribution in [0.2, 0.25) is 5.02 Å². The van der Waals surface area contributed by atoms with E-state index in [4.69, 9.17) is 21.1 Å². The van der Waals surface area contributed by atoms with E-state index in [2.05, 4.69) is 52.5 Å². The van der Waals surface area contributed by atoms with Gasteiger partial charge in [0.2, 0.25) is 0 Å². The van der Waals surface area contributed by atoms with E-state index in [1.807, 2.05) is 13.0 Å². The van der Waals surface area contributed by atoms with Crippen LogP contribution in [0.1, 0.15) is 44.1 Å². The number of nitrogens with one attached hydrogen (secondary N) is 3. The minimum absolute atomic E-state index is 0. The van der Waals surface area contributed by atoms with E-state index in [9.17, 15) is 28.5 Å². The third-order valence-electron chi connectivity index (χ3n) is 8.17. The van der Waals surface area contributed by atoms with Crippen LogP contribution in [0.25, 0.3) is 0 Å². The average molecular weight is 994 g/mol. The first-order valence-corrected chi connectivity index (χ1v) is 20.0. The molecule has 0 saturated carbocycles. The van der Waals surface area contributed by atoms with Crippen molar-refractivity contribution in [2.24, 2.45) is 0 Å². The Kier molecular flexibility index (Phi) is 19.9. The molecule has 0 fully saturated rings. The van der Waals surface area contributed by atoms with Gasteiger partial charge in [0.15, 0.2) is 13.7 Å². The summed E-state index contributed by atoms with van der Waals surface area (Å²) in [7, 11) is 4.29. The van der Waals surface area contributed by atoms with Gasteiger partial charge in [-0.25, -0.2) is 9.18 Å². The fourth-order valence-electron chi connectivity index (χ4n) is 4.99. The second-order valence-electron chi connectivity index (χ2n) is 12.6. The molecular weight excluding hydrogens is 951 g/mol. The monoisotopic (exact) mass is 991 g/mol. The van der Waals surface area contributed by atoms with Crippen LogP contribution < -0.4 is 25.4 Å². The van der Waals surface area contributed by atoms with E-state index in [0.717, 1.165) is 19.3 Å². The van der Waals surface area contributed by atoms with Gasteiger partial charge in [-0.15, -0.1) is 0 Å². The summed E-state index contributed by atoms with van der Waals surface area (Å²) in [6.07, 6.45) is 0. The molecule has 0 bridgehead atoms. The number of anilines is 3. The summed E-state index contributed by atoms with van der Waals surface area (Å²) in [6.45, 7) is 1.75. The summed E-state index contributed by atoms with van der Waals surface area (Å²) in [6, 6.07) is 36.0. The Bertz CT molecular complexity index is 2510. The van der Waals surface area contributed by atoms with E-state index in [-0.39, 0.29) is 25.8 Å². The molecule has 3 amide bonds. The number of halogens is 4. The number of esters is 1. The van der Waals surface area contributed by atoms with Crippen molar-refractivity contribution in [1.29, 1.82) is 0 Å². The van der Waals surface area contributed by atoms with Crippen LogP contribution in [0.3, 0.4) is 0 Å². The molecule has 0 heterocycles. The van der Waals surface area contributed by atoms with E-state index < -0.39 is 17.7 Å². The van der Waals surface area contributed by atoms with Gasteiger partial charge in [0.1, 0.15) is 17.3 Å². The van der Waals surface area contributed by atoms with Crippen molar-refractivity contribution in [3.05, 3.63) is 180 Å². The van der Waals surface area contributed by atoms with E-state index in [1.54, 1.807) is 116 Å². The molecule has 62 heavy (non-hydrogen) atoms. The lowest BCUT2D eigenvalue weighted by atomic mass is 10.1. The zero-order valence-corrected chi connectivity index (χ0v) is 37.1. The van der Waals surface area contributed by atoms with Gasteiger partial charge < -0.3 is 30.2 Å². The minimum atomic E-state index is -0.425. The lowest BCUT2D eigenvalue weighted by Crippen LogP contribution is -2.20. The van der Waals surface area contributed by atoms with Crippen LogP contribution in [-0.4, -0.2) is 56.3 Å². The molecule has 0 aromatic heterocycles. The maximum absolute atomic E-state index is 13.0. The van der Waals surface area contributed by atoms with Crippen molar-refractivity contribution in [1.82, 2.24) is 0 Å². The molecule has 6 rings (SSSR count). The highest BCUT2D eigenvalue weighted by Gasteiger charge is 2.12. The summed E-state index contributed by atoms with van der Waals surface area (Å²) in [5, 5.41) is 8.65. The summed E-state index contributed by atoms with van der Waals surface area (Å²) < 4.78 is 30.3. The average Bonchev–Trinajstić information content (AvgIpc) is 3.24. The topological polar surface area (TPSA) is 152 Å². The molecule has 0 spiro atoms. The van der Waals surface area contributed by atoms with Crippen molar-refractivity contribution in [2.45, 2.75) is 14.4 Å². The number of hydrogen-bond donors (Lipinski definition) is 3. The second kappa shape index (κ2) is 24.7. The number of nitroso groups, excluding NO2 is 1. The van der Waals surface area contributed by atoms with E-state index >= 15 is 0 Å². The lowest BCUT2D eigenvalue weighted by Gasteiger charge is -2.08. The molecule has 0 atom stereocenters. The van der Waals surface area contributed by atoms with Gasteiger partial charge in [-0.3, -0.25) is 14.4 Å². The fraction of sp³-hybridized carbons (Fsp3) is 0.130. The number of amides is 3. The molecule has 0 aliphatic carbocycles. The van der Waals surface area contributed by atoms with E-state index in [1.165, 1.54) is 32.4 Å². The number of hydrogen-bond acceptors (Lipinski definition) is 8. The van der Waals surface area contributed by atoms with Crippen LogP contribution >= 0.6 is 43.5 Å². The van der Waals surface area contributed by atoms with Gasteiger partial charge in [0.25, 0.3) is 23.4 Å². The SMILES string of the molecule is C.COC(=O)c1ccc(NC(=O)c2ccc(C)c(Br)c2)cc1.COc1ccc(C(=O)Nc2cccc(Cl)c2)cc1Br.C[N+](=O)c1ccc(OCC(=O)Nc2cccc(F)c2)cc1. The van der Waals surface area contributed by atoms with Gasteiger partial charge in [0.05, 0.1) is 24.3 Å². The number of benzene rings is 6. The highest BCUT2D eigenvalue weighted by atomic mass is 79.9. The van der Waals surface area contributed by atoms with Gasteiger partial charge in [0, 0.05) is 59.5 Å². The molecule has 6 aromatic carbocycles. The van der Waals surface area contributed by atoms with Crippen LogP contribution in [-0.2, 0) is 9.53 Å². The molecule has 0 unspecified atom stereocenters. The first-order chi connectivity index (χ1) is 29.1. The second-order valence-corrected chi connectivity index (χ2v) is 14.8.